The molecule has 0 bridgehead atoms. The first kappa shape index (κ1) is 8.50. The van der Waals surface area contributed by atoms with Crippen molar-refractivity contribution in [1.82, 2.24) is 9.97 Å². The van der Waals surface area contributed by atoms with Gasteiger partial charge in [-0.3, -0.25) is 9.78 Å². The van der Waals surface area contributed by atoms with Gasteiger partial charge < -0.3 is 10.1 Å². The molecule has 4 heteroatoms. The summed E-state index contributed by atoms with van der Waals surface area (Å²) in [4.78, 5) is 17.6. The molecular formula is C10H8N2O2. The maximum absolute atomic E-state index is 11.0. The van der Waals surface area contributed by atoms with Gasteiger partial charge in [0.2, 0.25) is 5.56 Å². The second-order valence-electron chi connectivity index (χ2n) is 2.80. The second kappa shape index (κ2) is 3.33. The first-order valence-electron chi connectivity index (χ1n) is 4.11. The summed E-state index contributed by atoms with van der Waals surface area (Å²) in [6, 6.07) is 7.85. The minimum absolute atomic E-state index is 0.0503. The standard InChI is InChI=1S/C10H8N2O2/c13-8-4-2-6-11-10(8)7-3-1-5-9(14)12-7/h1-6,13H,(H,12,14). The lowest BCUT2D eigenvalue weighted by Crippen LogP contribution is -2.04. The Morgan fingerprint density at radius 3 is 2.79 bits per heavy atom. The Morgan fingerprint density at radius 1 is 1.21 bits per heavy atom. The summed E-state index contributed by atoms with van der Waals surface area (Å²) < 4.78 is 0. The number of nitrogens with one attached hydrogen (secondary N) is 1. The summed E-state index contributed by atoms with van der Waals surface area (Å²) in [5.74, 6) is 0.0503. The molecule has 2 N–H and O–H groups in total. The van der Waals surface area contributed by atoms with Crippen LogP contribution in [0.5, 0.6) is 5.75 Å². The third-order valence-corrected chi connectivity index (χ3v) is 1.81. The molecule has 14 heavy (non-hydrogen) atoms. The Hall–Kier alpha value is -2.10. The molecule has 2 rings (SSSR count). The Balaban J connectivity index is 2.61. The van der Waals surface area contributed by atoms with E-state index in [9.17, 15) is 9.90 Å². The summed E-state index contributed by atoms with van der Waals surface area (Å²) in [5, 5.41) is 9.47. The molecule has 0 radical (unpaired) electrons. The molecule has 0 aliphatic carbocycles. The highest BCUT2D eigenvalue weighted by Crippen LogP contribution is 2.22. The third kappa shape index (κ3) is 1.50. The molecule has 0 aliphatic heterocycles. The van der Waals surface area contributed by atoms with Crippen LogP contribution in [0, 0.1) is 0 Å². The Labute approximate surface area is 79.9 Å². The van der Waals surface area contributed by atoms with E-state index in [-0.39, 0.29) is 11.3 Å². The topological polar surface area (TPSA) is 66.0 Å². The minimum atomic E-state index is -0.215. The molecule has 2 aromatic rings. The molecule has 0 unspecified atom stereocenters. The van der Waals surface area contributed by atoms with Gasteiger partial charge in [0, 0.05) is 12.3 Å². The van der Waals surface area contributed by atoms with Crippen molar-refractivity contribution in [3.05, 3.63) is 46.9 Å². The molecule has 0 spiro atoms. The normalized spacial score (nSPS) is 10.0. The van der Waals surface area contributed by atoms with Crippen LogP contribution in [0.1, 0.15) is 0 Å². The van der Waals surface area contributed by atoms with Gasteiger partial charge in [-0.2, -0.15) is 0 Å². The van der Waals surface area contributed by atoms with Crippen LogP contribution >= 0.6 is 0 Å². The summed E-state index contributed by atoms with van der Waals surface area (Å²) in [7, 11) is 0. The van der Waals surface area contributed by atoms with Gasteiger partial charge in [0.25, 0.3) is 0 Å². The molecule has 0 saturated carbocycles. The fraction of sp³-hybridized carbons (Fsp3) is 0. The Morgan fingerprint density at radius 2 is 2.07 bits per heavy atom. The van der Waals surface area contributed by atoms with Crippen LogP contribution < -0.4 is 5.56 Å². The maximum atomic E-state index is 11.0. The molecule has 2 heterocycles. The lowest BCUT2D eigenvalue weighted by molar-refractivity contribution is 0.475. The van der Waals surface area contributed by atoms with Crippen LogP contribution in [0.15, 0.2) is 41.3 Å². The van der Waals surface area contributed by atoms with Crippen molar-refractivity contribution in [3.8, 4) is 17.1 Å². The predicted octanol–water partition coefficient (Wildman–Crippen LogP) is 1.14. The van der Waals surface area contributed by atoms with E-state index in [2.05, 4.69) is 9.97 Å². The van der Waals surface area contributed by atoms with E-state index >= 15 is 0 Å². The summed E-state index contributed by atoms with van der Waals surface area (Å²) in [6.07, 6.45) is 1.56. The maximum Gasteiger partial charge on any atom is 0.248 e. The number of hydrogen-bond acceptors (Lipinski definition) is 3. The molecular weight excluding hydrogens is 180 g/mol. The summed E-state index contributed by atoms with van der Waals surface area (Å²) >= 11 is 0. The van der Waals surface area contributed by atoms with E-state index in [1.54, 1.807) is 24.4 Å². The van der Waals surface area contributed by atoms with Crippen LogP contribution in [-0.2, 0) is 0 Å². The van der Waals surface area contributed by atoms with Crippen LogP contribution in [0.25, 0.3) is 11.4 Å². The highest BCUT2D eigenvalue weighted by molar-refractivity contribution is 5.61. The molecule has 0 aromatic carbocycles. The van der Waals surface area contributed by atoms with Gasteiger partial charge in [-0.05, 0) is 18.2 Å². The van der Waals surface area contributed by atoms with Crippen LogP contribution in [0.4, 0.5) is 0 Å². The molecule has 0 atom stereocenters. The average molecular weight is 188 g/mol. The van der Waals surface area contributed by atoms with Gasteiger partial charge in [0.05, 0.1) is 5.69 Å². The highest BCUT2D eigenvalue weighted by Gasteiger charge is 2.04. The molecule has 2 aromatic heterocycles. The molecule has 0 fully saturated rings. The predicted molar refractivity (Wildman–Crippen MR) is 52.0 cm³/mol. The number of nitrogens with zero attached hydrogens (tertiary/aromatic N) is 1. The van der Waals surface area contributed by atoms with E-state index in [1.165, 1.54) is 12.1 Å². The van der Waals surface area contributed by atoms with E-state index in [0.717, 1.165) is 0 Å². The van der Waals surface area contributed by atoms with E-state index in [1.807, 2.05) is 0 Å². The van der Waals surface area contributed by atoms with Gasteiger partial charge in [0.15, 0.2) is 0 Å². The zero-order valence-corrected chi connectivity index (χ0v) is 7.27. The van der Waals surface area contributed by atoms with Crippen LogP contribution in [0.2, 0.25) is 0 Å². The van der Waals surface area contributed by atoms with Crippen molar-refractivity contribution in [3.63, 3.8) is 0 Å². The number of aromatic amines is 1. The number of hydrogen-bond donors (Lipinski definition) is 2. The Kier molecular flexibility index (Phi) is 2.02. The number of aromatic nitrogens is 2. The second-order valence-corrected chi connectivity index (χ2v) is 2.80. The van der Waals surface area contributed by atoms with Gasteiger partial charge >= 0.3 is 0 Å². The number of H-pyrrole nitrogens is 1. The fourth-order valence-electron chi connectivity index (χ4n) is 1.19. The SMILES string of the molecule is O=c1cccc(-c2ncccc2O)[nH]1. The van der Waals surface area contributed by atoms with Crippen molar-refractivity contribution in [2.24, 2.45) is 0 Å². The number of aromatic hydroxyl groups is 1. The quantitative estimate of drug-likeness (QED) is 0.705. The van der Waals surface area contributed by atoms with Gasteiger partial charge in [-0.1, -0.05) is 6.07 Å². The molecule has 4 nitrogen and oxygen atoms in total. The van der Waals surface area contributed by atoms with Crippen molar-refractivity contribution >= 4 is 0 Å². The first-order valence-corrected chi connectivity index (χ1v) is 4.11. The molecule has 70 valence electrons. The lowest BCUT2D eigenvalue weighted by Gasteiger charge is -2.01. The van der Waals surface area contributed by atoms with E-state index < -0.39 is 0 Å². The van der Waals surface area contributed by atoms with Gasteiger partial charge in [-0.15, -0.1) is 0 Å². The zero-order chi connectivity index (χ0) is 9.97. The van der Waals surface area contributed by atoms with Gasteiger partial charge in [-0.25, -0.2) is 0 Å². The van der Waals surface area contributed by atoms with Crippen molar-refractivity contribution in [2.45, 2.75) is 0 Å². The molecule has 0 saturated heterocycles. The number of rotatable bonds is 1. The van der Waals surface area contributed by atoms with Crippen molar-refractivity contribution < 1.29 is 5.11 Å². The fourth-order valence-corrected chi connectivity index (χ4v) is 1.19. The largest absolute Gasteiger partial charge is 0.506 e. The molecule has 0 aliphatic rings. The summed E-state index contributed by atoms with van der Waals surface area (Å²) in [5.41, 5.74) is 0.674. The highest BCUT2D eigenvalue weighted by atomic mass is 16.3. The number of pyridine rings is 2. The smallest absolute Gasteiger partial charge is 0.248 e. The van der Waals surface area contributed by atoms with E-state index in [0.29, 0.717) is 11.4 Å². The Bertz CT molecular complexity index is 505. The monoisotopic (exact) mass is 188 g/mol. The first-order chi connectivity index (χ1) is 6.77. The zero-order valence-electron chi connectivity index (χ0n) is 7.27. The lowest BCUT2D eigenvalue weighted by atomic mass is 10.2. The minimum Gasteiger partial charge on any atom is -0.506 e. The molecule has 0 amide bonds. The van der Waals surface area contributed by atoms with Crippen LogP contribution in [-0.4, -0.2) is 15.1 Å². The summed E-state index contributed by atoms with van der Waals surface area (Å²) in [6.45, 7) is 0. The average Bonchev–Trinajstić information content (AvgIpc) is 2.18. The van der Waals surface area contributed by atoms with Gasteiger partial charge in [0.1, 0.15) is 11.4 Å². The third-order valence-electron chi connectivity index (χ3n) is 1.81. The van der Waals surface area contributed by atoms with Crippen molar-refractivity contribution in [1.29, 1.82) is 0 Å². The van der Waals surface area contributed by atoms with Crippen LogP contribution in [0.3, 0.4) is 0 Å². The van der Waals surface area contributed by atoms with E-state index in [4.69, 9.17) is 0 Å². The van der Waals surface area contributed by atoms with Crippen molar-refractivity contribution in [2.75, 3.05) is 0 Å².